The summed E-state index contributed by atoms with van der Waals surface area (Å²) < 4.78 is 0. The highest BCUT2D eigenvalue weighted by Gasteiger charge is 2.04. The van der Waals surface area contributed by atoms with Gasteiger partial charge in [0, 0.05) is 11.4 Å². The third kappa shape index (κ3) is 3.19. The average Bonchev–Trinajstić information content (AvgIpc) is 2.40. The van der Waals surface area contributed by atoms with Crippen LogP contribution in [0.15, 0.2) is 42.5 Å². The van der Waals surface area contributed by atoms with Gasteiger partial charge in [0.25, 0.3) is 0 Å². The predicted octanol–water partition coefficient (Wildman–Crippen LogP) is 4.65. The van der Waals surface area contributed by atoms with Gasteiger partial charge in [-0.05, 0) is 36.1 Å². The highest BCUT2D eigenvalue weighted by Crippen LogP contribution is 2.21. The van der Waals surface area contributed by atoms with Crippen molar-refractivity contribution < 1.29 is 0 Å². The monoisotopic (exact) mass is 239 g/mol. The molecule has 0 atom stereocenters. The lowest BCUT2D eigenvalue weighted by molar-refractivity contribution is 0.832. The van der Waals surface area contributed by atoms with Crippen LogP contribution in [0.1, 0.15) is 38.1 Å². The third-order valence-electron chi connectivity index (χ3n) is 3.05. The van der Waals surface area contributed by atoms with Gasteiger partial charge in [0.05, 0.1) is 0 Å². The van der Waals surface area contributed by atoms with Gasteiger partial charge < -0.3 is 0 Å². The first-order valence-electron chi connectivity index (χ1n) is 6.88. The molecule has 1 aromatic heterocycles. The molecule has 1 heteroatoms. The molecule has 0 fully saturated rings. The van der Waals surface area contributed by atoms with Gasteiger partial charge in [-0.15, -0.1) is 0 Å². The molecular weight excluding hydrogens is 218 g/mol. The zero-order valence-electron chi connectivity index (χ0n) is 11.3. The van der Waals surface area contributed by atoms with Gasteiger partial charge in [-0.3, -0.25) is 4.98 Å². The molecule has 0 amide bonds. The molecule has 1 aromatic carbocycles. The summed E-state index contributed by atoms with van der Waals surface area (Å²) in [4.78, 5) is 4.74. The first-order valence-corrected chi connectivity index (χ1v) is 6.88. The molecule has 18 heavy (non-hydrogen) atoms. The quantitative estimate of drug-likeness (QED) is 0.740. The number of hydrogen-bond acceptors (Lipinski definition) is 1. The first-order chi connectivity index (χ1) is 8.83. The van der Waals surface area contributed by atoms with E-state index in [1.165, 1.54) is 22.5 Å². The van der Waals surface area contributed by atoms with Crippen molar-refractivity contribution in [2.45, 2.75) is 39.5 Å². The molecule has 2 aromatic rings. The van der Waals surface area contributed by atoms with Crippen LogP contribution in [0.25, 0.3) is 11.1 Å². The molecule has 0 N–H and O–H groups in total. The first kappa shape index (κ1) is 12.8. The Morgan fingerprint density at radius 3 is 1.83 bits per heavy atom. The van der Waals surface area contributed by atoms with E-state index in [1.54, 1.807) is 0 Å². The molecule has 0 bridgehead atoms. The van der Waals surface area contributed by atoms with E-state index >= 15 is 0 Å². The summed E-state index contributed by atoms with van der Waals surface area (Å²) in [5.41, 5.74) is 5.04. The fourth-order valence-corrected chi connectivity index (χ4v) is 2.22. The highest BCUT2D eigenvalue weighted by molar-refractivity contribution is 5.64. The highest BCUT2D eigenvalue weighted by atomic mass is 14.7. The Labute approximate surface area is 110 Å². The normalized spacial score (nSPS) is 10.6. The number of nitrogens with zero attached hydrogens (tertiary/aromatic N) is 1. The van der Waals surface area contributed by atoms with E-state index in [0.717, 1.165) is 25.7 Å². The second kappa shape index (κ2) is 6.34. The van der Waals surface area contributed by atoms with Crippen LogP contribution in [0.4, 0.5) is 0 Å². The number of rotatable bonds is 5. The Balaban J connectivity index is 2.39. The molecule has 0 unspecified atom stereocenters. The van der Waals surface area contributed by atoms with Gasteiger partial charge >= 0.3 is 0 Å². The van der Waals surface area contributed by atoms with E-state index in [0.29, 0.717) is 0 Å². The molecule has 0 aliphatic heterocycles. The summed E-state index contributed by atoms with van der Waals surface area (Å²) in [5.74, 6) is 0. The molecule has 0 aliphatic rings. The zero-order chi connectivity index (χ0) is 12.8. The fraction of sp³-hybridized carbons (Fsp3) is 0.353. The van der Waals surface area contributed by atoms with Gasteiger partial charge in [-0.25, -0.2) is 0 Å². The van der Waals surface area contributed by atoms with Crippen LogP contribution in [0, 0.1) is 0 Å². The van der Waals surface area contributed by atoms with E-state index in [2.05, 4.69) is 56.3 Å². The number of aromatic nitrogens is 1. The summed E-state index contributed by atoms with van der Waals surface area (Å²) >= 11 is 0. The molecule has 0 aliphatic carbocycles. The number of aryl methyl sites for hydroxylation is 2. The minimum absolute atomic E-state index is 1.07. The zero-order valence-corrected chi connectivity index (χ0v) is 11.3. The molecule has 2 rings (SSSR count). The van der Waals surface area contributed by atoms with Crippen molar-refractivity contribution in [2.75, 3.05) is 0 Å². The van der Waals surface area contributed by atoms with Crippen LogP contribution >= 0.6 is 0 Å². The Morgan fingerprint density at radius 1 is 0.778 bits per heavy atom. The molecule has 0 radical (unpaired) electrons. The molecule has 1 heterocycles. The van der Waals surface area contributed by atoms with E-state index in [4.69, 9.17) is 4.98 Å². The van der Waals surface area contributed by atoms with Gasteiger partial charge in [-0.1, -0.05) is 57.0 Å². The molecular formula is C17H21N. The lowest BCUT2D eigenvalue weighted by Gasteiger charge is -2.08. The molecule has 0 spiro atoms. The SMILES string of the molecule is CCCc1cc(-c2ccccc2)cc(CCC)n1. The summed E-state index contributed by atoms with van der Waals surface area (Å²) in [6.45, 7) is 4.41. The van der Waals surface area contributed by atoms with Crippen LogP contribution in [-0.2, 0) is 12.8 Å². The topological polar surface area (TPSA) is 12.9 Å². The summed E-state index contributed by atoms with van der Waals surface area (Å²) in [7, 11) is 0. The maximum absolute atomic E-state index is 4.74. The Morgan fingerprint density at radius 2 is 1.33 bits per heavy atom. The van der Waals surface area contributed by atoms with E-state index < -0.39 is 0 Å². The number of benzene rings is 1. The Kier molecular flexibility index (Phi) is 4.52. The standard InChI is InChI=1S/C17H21N/c1-3-8-16-12-15(13-17(18-16)9-4-2)14-10-6-5-7-11-14/h5-7,10-13H,3-4,8-9H2,1-2H3. The molecule has 1 nitrogen and oxygen atoms in total. The molecule has 0 saturated heterocycles. The maximum Gasteiger partial charge on any atom is 0.0413 e. The van der Waals surface area contributed by atoms with Crippen LogP contribution < -0.4 is 0 Å². The van der Waals surface area contributed by atoms with Gasteiger partial charge in [-0.2, -0.15) is 0 Å². The van der Waals surface area contributed by atoms with Crippen molar-refractivity contribution in [3.63, 3.8) is 0 Å². The van der Waals surface area contributed by atoms with E-state index in [-0.39, 0.29) is 0 Å². The van der Waals surface area contributed by atoms with E-state index in [9.17, 15) is 0 Å². The number of pyridine rings is 1. The average molecular weight is 239 g/mol. The number of hydrogen-bond donors (Lipinski definition) is 0. The predicted molar refractivity (Wildman–Crippen MR) is 77.7 cm³/mol. The van der Waals surface area contributed by atoms with Crippen molar-refractivity contribution in [3.8, 4) is 11.1 Å². The Hall–Kier alpha value is -1.63. The van der Waals surface area contributed by atoms with Crippen molar-refractivity contribution in [1.29, 1.82) is 0 Å². The summed E-state index contributed by atoms with van der Waals surface area (Å²) in [5, 5.41) is 0. The second-order valence-electron chi connectivity index (χ2n) is 4.70. The summed E-state index contributed by atoms with van der Waals surface area (Å²) in [6.07, 6.45) is 4.43. The van der Waals surface area contributed by atoms with Crippen LogP contribution in [0.2, 0.25) is 0 Å². The van der Waals surface area contributed by atoms with Crippen molar-refractivity contribution in [2.24, 2.45) is 0 Å². The second-order valence-corrected chi connectivity index (χ2v) is 4.70. The van der Waals surface area contributed by atoms with Gasteiger partial charge in [0.1, 0.15) is 0 Å². The minimum Gasteiger partial charge on any atom is -0.258 e. The van der Waals surface area contributed by atoms with Gasteiger partial charge in [0.2, 0.25) is 0 Å². The van der Waals surface area contributed by atoms with Crippen LogP contribution in [-0.4, -0.2) is 4.98 Å². The fourth-order valence-electron chi connectivity index (χ4n) is 2.22. The van der Waals surface area contributed by atoms with Crippen molar-refractivity contribution >= 4 is 0 Å². The lowest BCUT2D eigenvalue weighted by Crippen LogP contribution is -1.97. The largest absolute Gasteiger partial charge is 0.258 e. The van der Waals surface area contributed by atoms with Gasteiger partial charge in [0.15, 0.2) is 0 Å². The molecule has 0 saturated carbocycles. The Bertz CT molecular complexity index is 464. The minimum atomic E-state index is 1.07. The third-order valence-corrected chi connectivity index (χ3v) is 3.05. The van der Waals surface area contributed by atoms with Crippen molar-refractivity contribution in [1.82, 2.24) is 4.98 Å². The smallest absolute Gasteiger partial charge is 0.0413 e. The summed E-state index contributed by atoms with van der Waals surface area (Å²) in [6, 6.07) is 15.0. The van der Waals surface area contributed by atoms with E-state index in [1.807, 2.05) is 0 Å². The van der Waals surface area contributed by atoms with Crippen LogP contribution in [0.3, 0.4) is 0 Å². The molecule has 94 valence electrons. The lowest BCUT2D eigenvalue weighted by atomic mass is 10.0. The van der Waals surface area contributed by atoms with Crippen LogP contribution in [0.5, 0.6) is 0 Å². The van der Waals surface area contributed by atoms with Crippen molar-refractivity contribution in [3.05, 3.63) is 53.9 Å². The maximum atomic E-state index is 4.74.